The Morgan fingerprint density at radius 2 is 1.90 bits per heavy atom. The Bertz CT molecular complexity index is 569. The maximum Gasteiger partial charge on any atom is 0.337 e. The van der Waals surface area contributed by atoms with E-state index in [4.69, 9.17) is 9.47 Å². The van der Waals surface area contributed by atoms with E-state index in [1.54, 1.807) is 6.07 Å². The van der Waals surface area contributed by atoms with Crippen LogP contribution in [0, 0.1) is 12.8 Å². The Morgan fingerprint density at radius 3 is 2.48 bits per heavy atom. The van der Waals surface area contributed by atoms with Crippen molar-refractivity contribution >= 4 is 11.9 Å². The largest absolute Gasteiger partial charge is 0.465 e. The molecular weight excluding hydrogens is 268 g/mol. The van der Waals surface area contributed by atoms with E-state index in [1.807, 2.05) is 39.8 Å². The summed E-state index contributed by atoms with van der Waals surface area (Å²) in [7, 11) is 1.36. The van der Waals surface area contributed by atoms with Gasteiger partial charge >= 0.3 is 11.9 Å². The van der Waals surface area contributed by atoms with Gasteiger partial charge in [0.05, 0.1) is 18.6 Å². The van der Waals surface area contributed by atoms with Gasteiger partial charge in [-0.3, -0.25) is 4.79 Å². The molecule has 0 N–H and O–H groups in total. The number of carbonyl (C=O) groups is 2. The van der Waals surface area contributed by atoms with Crippen molar-refractivity contribution in [3.8, 4) is 0 Å². The van der Waals surface area contributed by atoms with E-state index in [9.17, 15) is 9.59 Å². The van der Waals surface area contributed by atoms with Crippen LogP contribution in [0.1, 0.15) is 54.6 Å². The molecule has 0 spiro atoms. The third-order valence-electron chi connectivity index (χ3n) is 3.60. The number of hydrogen-bond acceptors (Lipinski definition) is 4. The highest BCUT2D eigenvalue weighted by molar-refractivity contribution is 5.90. The molecule has 0 bridgehead atoms. The van der Waals surface area contributed by atoms with Crippen LogP contribution < -0.4 is 0 Å². The summed E-state index contributed by atoms with van der Waals surface area (Å²) in [5, 5.41) is 0. The van der Waals surface area contributed by atoms with Crippen LogP contribution in [-0.4, -0.2) is 24.6 Å². The fourth-order valence-electron chi connectivity index (χ4n) is 2.46. The second-order valence-electron chi connectivity index (χ2n) is 6.55. The van der Waals surface area contributed by atoms with Gasteiger partial charge in [-0.1, -0.05) is 6.07 Å². The highest BCUT2D eigenvalue weighted by atomic mass is 16.6. The number of ether oxygens (including phenoxy) is 2. The number of benzene rings is 1. The third kappa shape index (κ3) is 3.63. The smallest absolute Gasteiger partial charge is 0.337 e. The quantitative estimate of drug-likeness (QED) is 0.802. The first kappa shape index (κ1) is 15.5. The molecule has 114 valence electrons. The monoisotopic (exact) mass is 290 g/mol. The van der Waals surface area contributed by atoms with E-state index >= 15 is 0 Å². The van der Waals surface area contributed by atoms with Crippen LogP contribution in [0.4, 0.5) is 0 Å². The number of methoxy groups -OCH3 is 1. The molecule has 1 aliphatic rings. The van der Waals surface area contributed by atoms with Crippen LogP contribution in [-0.2, 0) is 14.3 Å². The van der Waals surface area contributed by atoms with E-state index in [0.717, 1.165) is 17.5 Å². The van der Waals surface area contributed by atoms with Gasteiger partial charge in [0.1, 0.15) is 5.60 Å². The van der Waals surface area contributed by atoms with E-state index in [-0.39, 0.29) is 23.8 Å². The first-order valence-electron chi connectivity index (χ1n) is 7.14. The Kier molecular flexibility index (Phi) is 4.08. The number of rotatable bonds is 3. The molecule has 0 amide bonds. The van der Waals surface area contributed by atoms with Crippen LogP contribution >= 0.6 is 0 Å². The lowest BCUT2D eigenvalue weighted by Crippen LogP contribution is -2.25. The van der Waals surface area contributed by atoms with Crippen LogP contribution in [0.15, 0.2) is 18.2 Å². The SMILES string of the molecule is COC(=O)c1ccc(C)c(C2CC2C(=O)OC(C)(C)C)c1. The fourth-order valence-corrected chi connectivity index (χ4v) is 2.46. The van der Waals surface area contributed by atoms with Crippen LogP contribution in [0.2, 0.25) is 0 Å². The summed E-state index contributed by atoms with van der Waals surface area (Å²) >= 11 is 0. The Hall–Kier alpha value is -1.84. The maximum absolute atomic E-state index is 12.1. The summed E-state index contributed by atoms with van der Waals surface area (Å²) in [6, 6.07) is 5.47. The van der Waals surface area contributed by atoms with Crippen molar-refractivity contribution in [3.05, 3.63) is 34.9 Å². The first-order valence-corrected chi connectivity index (χ1v) is 7.14. The van der Waals surface area contributed by atoms with E-state index in [1.165, 1.54) is 7.11 Å². The van der Waals surface area contributed by atoms with Gasteiger partial charge in [-0.05, 0) is 63.3 Å². The van der Waals surface area contributed by atoms with Gasteiger partial charge in [0.25, 0.3) is 0 Å². The number of aryl methyl sites for hydroxylation is 1. The summed E-state index contributed by atoms with van der Waals surface area (Å²) in [6.45, 7) is 7.59. The molecule has 2 rings (SSSR count). The zero-order valence-electron chi connectivity index (χ0n) is 13.2. The lowest BCUT2D eigenvalue weighted by molar-refractivity contribution is -0.156. The third-order valence-corrected chi connectivity index (χ3v) is 3.60. The average Bonchev–Trinajstić information content (AvgIpc) is 3.16. The minimum atomic E-state index is -0.465. The lowest BCUT2D eigenvalue weighted by atomic mass is 10.00. The van der Waals surface area contributed by atoms with Gasteiger partial charge in [0.2, 0.25) is 0 Å². The van der Waals surface area contributed by atoms with Crippen LogP contribution in [0.25, 0.3) is 0 Å². The molecule has 0 saturated heterocycles. The van der Waals surface area contributed by atoms with Gasteiger partial charge in [-0.2, -0.15) is 0 Å². The zero-order chi connectivity index (χ0) is 15.8. The topological polar surface area (TPSA) is 52.6 Å². The number of esters is 2. The molecule has 1 aromatic rings. The Morgan fingerprint density at radius 1 is 1.24 bits per heavy atom. The minimum absolute atomic E-state index is 0.101. The summed E-state index contributed by atoms with van der Waals surface area (Å²) in [4.78, 5) is 23.7. The molecule has 4 nitrogen and oxygen atoms in total. The number of hydrogen-bond donors (Lipinski definition) is 0. The lowest BCUT2D eigenvalue weighted by Gasteiger charge is -2.19. The molecule has 4 heteroatoms. The molecule has 1 fully saturated rings. The molecule has 2 atom stereocenters. The predicted molar refractivity (Wildman–Crippen MR) is 79.2 cm³/mol. The standard InChI is InChI=1S/C17H22O4/c1-10-6-7-11(15(18)20-5)8-12(10)13-9-14(13)16(19)21-17(2,3)4/h6-8,13-14H,9H2,1-5H3. The molecule has 1 aromatic carbocycles. The van der Waals surface area contributed by atoms with Crippen molar-refractivity contribution in [3.63, 3.8) is 0 Å². The number of carbonyl (C=O) groups excluding carboxylic acids is 2. The molecule has 21 heavy (non-hydrogen) atoms. The van der Waals surface area contributed by atoms with Crippen molar-refractivity contribution in [1.29, 1.82) is 0 Å². The van der Waals surface area contributed by atoms with Gasteiger partial charge < -0.3 is 9.47 Å². The van der Waals surface area contributed by atoms with E-state index < -0.39 is 5.60 Å². The summed E-state index contributed by atoms with van der Waals surface area (Å²) in [6.07, 6.45) is 0.778. The normalized spacial score (nSPS) is 20.8. The van der Waals surface area contributed by atoms with Crippen LogP contribution in [0.5, 0.6) is 0 Å². The molecule has 0 aliphatic heterocycles. The molecule has 1 aliphatic carbocycles. The fraction of sp³-hybridized carbons (Fsp3) is 0.529. The molecular formula is C17H22O4. The molecule has 0 heterocycles. The second kappa shape index (κ2) is 5.51. The van der Waals surface area contributed by atoms with Gasteiger partial charge in [-0.25, -0.2) is 4.79 Å². The van der Waals surface area contributed by atoms with Crippen molar-refractivity contribution in [1.82, 2.24) is 0 Å². The molecule has 1 saturated carbocycles. The van der Waals surface area contributed by atoms with Crippen LogP contribution in [0.3, 0.4) is 0 Å². The van der Waals surface area contributed by atoms with E-state index in [2.05, 4.69) is 0 Å². The summed E-state index contributed by atoms with van der Waals surface area (Å²) in [5.74, 6) is -0.471. The highest BCUT2D eigenvalue weighted by Crippen LogP contribution is 2.49. The zero-order valence-corrected chi connectivity index (χ0v) is 13.2. The molecule has 2 unspecified atom stereocenters. The van der Waals surface area contributed by atoms with Crippen molar-refractivity contribution in [2.24, 2.45) is 5.92 Å². The Balaban J connectivity index is 2.14. The summed E-state index contributed by atoms with van der Waals surface area (Å²) < 4.78 is 10.2. The predicted octanol–water partition coefficient (Wildman–Crippen LogP) is 3.23. The molecule has 0 radical (unpaired) electrons. The minimum Gasteiger partial charge on any atom is -0.465 e. The highest BCUT2D eigenvalue weighted by Gasteiger charge is 2.46. The van der Waals surface area contributed by atoms with Crippen molar-refractivity contribution in [2.75, 3.05) is 7.11 Å². The maximum atomic E-state index is 12.1. The summed E-state index contributed by atoms with van der Waals surface area (Å²) in [5.41, 5.74) is 2.17. The van der Waals surface area contributed by atoms with Gasteiger partial charge in [0.15, 0.2) is 0 Å². The molecule has 0 aromatic heterocycles. The Labute approximate surface area is 125 Å². The van der Waals surface area contributed by atoms with E-state index in [0.29, 0.717) is 5.56 Å². The van der Waals surface area contributed by atoms with Crippen molar-refractivity contribution < 1.29 is 19.1 Å². The van der Waals surface area contributed by atoms with Gasteiger partial charge in [0, 0.05) is 0 Å². The average molecular weight is 290 g/mol. The van der Waals surface area contributed by atoms with Crippen molar-refractivity contribution in [2.45, 2.75) is 45.6 Å². The second-order valence-corrected chi connectivity index (χ2v) is 6.55. The van der Waals surface area contributed by atoms with Gasteiger partial charge in [-0.15, -0.1) is 0 Å². The first-order chi connectivity index (χ1) is 9.73.